The molecule has 2 heterocycles. The van der Waals surface area contributed by atoms with Gasteiger partial charge < -0.3 is 25.3 Å². The van der Waals surface area contributed by atoms with Crippen molar-refractivity contribution in [3.63, 3.8) is 0 Å². The highest BCUT2D eigenvalue weighted by atomic mass is 33.1. The minimum Gasteiger partial charge on any atom is -0.481 e. The lowest BCUT2D eigenvalue weighted by Gasteiger charge is -2.35. The third-order valence-corrected chi connectivity index (χ3v) is 6.81. The molecule has 1 saturated heterocycles. The summed E-state index contributed by atoms with van der Waals surface area (Å²) in [6, 6.07) is 5.79. The fourth-order valence-electron chi connectivity index (χ4n) is 2.67. The predicted molar refractivity (Wildman–Crippen MR) is 126 cm³/mol. The van der Waals surface area contributed by atoms with Crippen LogP contribution in [-0.4, -0.2) is 94.3 Å². The van der Waals surface area contributed by atoms with E-state index in [4.69, 9.17) is 15.0 Å². The number of hydrogen-bond donors (Lipinski definition) is 3. The summed E-state index contributed by atoms with van der Waals surface area (Å²) in [5.74, 6) is -1.49. The molecule has 0 unspecified atom stereocenters. The van der Waals surface area contributed by atoms with Gasteiger partial charge in [-0.1, -0.05) is 27.7 Å². The number of pyridine rings is 1. The Morgan fingerprint density at radius 3 is 2.14 bits per heavy atom. The van der Waals surface area contributed by atoms with Gasteiger partial charge in [0.05, 0.1) is 6.42 Å². The average molecular weight is 541 g/mol. The molecule has 0 bridgehead atoms. The Hall–Kier alpha value is -2.68. The van der Waals surface area contributed by atoms with Crippen LogP contribution in [-0.2, 0) is 19.2 Å². The number of carboxylic acid groups (broad SMARTS) is 2. The van der Waals surface area contributed by atoms with Gasteiger partial charge in [0, 0.05) is 63.3 Å². The second kappa shape index (κ2) is 16.1. The molecular formula is C20H27F3N4O6S2. The quantitative estimate of drug-likeness (QED) is 0.282. The Bertz CT molecular complexity index is 825. The lowest BCUT2D eigenvalue weighted by Crippen LogP contribution is -2.49. The van der Waals surface area contributed by atoms with Gasteiger partial charge in [0.15, 0.2) is 0 Å². The molecule has 0 atom stereocenters. The third-order valence-electron chi connectivity index (χ3n) is 4.40. The van der Waals surface area contributed by atoms with E-state index in [9.17, 15) is 27.6 Å². The zero-order chi connectivity index (χ0) is 26.3. The molecule has 15 heteroatoms. The molecule has 0 radical (unpaired) electrons. The minimum atomic E-state index is -5.08. The van der Waals surface area contributed by atoms with Crippen molar-refractivity contribution < 1.29 is 42.6 Å². The number of amides is 2. The summed E-state index contributed by atoms with van der Waals surface area (Å²) in [6.07, 6.45) is -2.77. The molecule has 1 aliphatic heterocycles. The molecular weight excluding hydrogens is 513 g/mol. The molecule has 1 aromatic heterocycles. The number of alkyl halides is 3. The Balaban J connectivity index is 0.000000762. The van der Waals surface area contributed by atoms with E-state index in [-0.39, 0.29) is 31.1 Å². The van der Waals surface area contributed by atoms with Crippen molar-refractivity contribution in [2.75, 3.05) is 49.1 Å². The second-order valence-electron chi connectivity index (χ2n) is 7.00. The summed E-state index contributed by atoms with van der Waals surface area (Å²) in [7, 11) is 3.02. The molecule has 2 rings (SSSR count). The summed E-state index contributed by atoms with van der Waals surface area (Å²) in [5.41, 5.74) is 0. The van der Waals surface area contributed by atoms with Crippen LogP contribution < -0.4 is 10.2 Å². The number of carbonyl (C=O) groups excluding carboxylic acids is 2. The van der Waals surface area contributed by atoms with Crippen LogP contribution in [0.1, 0.15) is 19.3 Å². The Morgan fingerprint density at radius 1 is 0.971 bits per heavy atom. The first kappa shape index (κ1) is 30.4. The maximum atomic E-state index is 12.3. The molecule has 10 nitrogen and oxygen atoms in total. The SMILES string of the molecule is O=C(O)C(F)(F)F.O=C(O)CCSSCCNC(=O)CCC(=O)N1CCN(c2ccccn2)CC1. The first-order valence-electron chi connectivity index (χ1n) is 10.5. The fourth-order valence-corrected chi connectivity index (χ4v) is 4.56. The first-order valence-corrected chi connectivity index (χ1v) is 13.0. The summed E-state index contributed by atoms with van der Waals surface area (Å²) in [4.78, 5) is 51.7. The molecule has 1 aromatic rings. The zero-order valence-electron chi connectivity index (χ0n) is 18.7. The molecule has 0 aliphatic carbocycles. The topological polar surface area (TPSA) is 140 Å². The van der Waals surface area contributed by atoms with E-state index < -0.39 is 18.1 Å². The van der Waals surface area contributed by atoms with Gasteiger partial charge in [0.1, 0.15) is 5.82 Å². The van der Waals surface area contributed by atoms with Gasteiger partial charge in [-0.25, -0.2) is 9.78 Å². The van der Waals surface area contributed by atoms with Crippen molar-refractivity contribution in [1.29, 1.82) is 0 Å². The number of aliphatic carboxylic acids is 2. The van der Waals surface area contributed by atoms with Crippen molar-refractivity contribution in [1.82, 2.24) is 15.2 Å². The number of rotatable bonds is 11. The first-order chi connectivity index (χ1) is 16.5. The van der Waals surface area contributed by atoms with Crippen LogP contribution in [0.15, 0.2) is 24.4 Å². The Morgan fingerprint density at radius 2 is 1.60 bits per heavy atom. The van der Waals surface area contributed by atoms with Crippen LogP contribution in [0.5, 0.6) is 0 Å². The number of carboxylic acids is 2. The summed E-state index contributed by atoms with van der Waals surface area (Å²) >= 11 is 0. The minimum absolute atomic E-state index is 0.00872. The molecule has 0 spiro atoms. The van der Waals surface area contributed by atoms with Gasteiger partial charge in [-0.05, 0) is 12.1 Å². The molecule has 196 valence electrons. The van der Waals surface area contributed by atoms with Crippen LogP contribution in [0.4, 0.5) is 19.0 Å². The van der Waals surface area contributed by atoms with E-state index in [1.54, 1.807) is 6.20 Å². The number of carbonyl (C=O) groups is 4. The highest BCUT2D eigenvalue weighted by molar-refractivity contribution is 8.76. The summed E-state index contributed by atoms with van der Waals surface area (Å²) in [6.45, 7) is 3.28. The molecule has 35 heavy (non-hydrogen) atoms. The van der Waals surface area contributed by atoms with Crippen LogP contribution in [0.25, 0.3) is 0 Å². The standard InChI is InChI=1S/C18H26N4O4S2.C2HF3O2/c23-16(20-8-14-28-27-13-6-18(25)26)4-5-17(24)22-11-9-21(10-12-22)15-3-1-2-7-19-15;3-2(4,5)1(6)7/h1-3,7H,4-6,8-14H2,(H,20,23)(H,25,26);(H,6,7). The number of hydrogen-bond acceptors (Lipinski definition) is 8. The van der Waals surface area contributed by atoms with Gasteiger partial charge in [0.2, 0.25) is 11.8 Å². The molecule has 0 saturated carbocycles. The van der Waals surface area contributed by atoms with E-state index in [2.05, 4.69) is 15.2 Å². The van der Waals surface area contributed by atoms with Crippen molar-refractivity contribution >= 4 is 51.2 Å². The second-order valence-corrected chi connectivity index (χ2v) is 9.70. The van der Waals surface area contributed by atoms with Gasteiger partial charge >= 0.3 is 18.1 Å². The molecule has 1 aliphatic rings. The van der Waals surface area contributed by atoms with Gasteiger partial charge in [-0.3, -0.25) is 14.4 Å². The number of nitrogens with zero attached hydrogens (tertiary/aromatic N) is 3. The van der Waals surface area contributed by atoms with Crippen LogP contribution in [0.3, 0.4) is 0 Å². The van der Waals surface area contributed by atoms with E-state index in [0.717, 1.165) is 18.9 Å². The lowest BCUT2D eigenvalue weighted by atomic mass is 10.2. The van der Waals surface area contributed by atoms with Crippen molar-refractivity contribution in [3.05, 3.63) is 24.4 Å². The van der Waals surface area contributed by atoms with Gasteiger partial charge in [-0.2, -0.15) is 13.2 Å². The summed E-state index contributed by atoms with van der Waals surface area (Å²) < 4.78 is 31.7. The Kier molecular flexibility index (Phi) is 13.9. The number of halogens is 3. The number of nitrogens with one attached hydrogen (secondary N) is 1. The zero-order valence-corrected chi connectivity index (χ0v) is 20.3. The van der Waals surface area contributed by atoms with Crippen molar-refractivity contribution in [2.24, 2.45) is 0 Å². The van der Waals surface area contributed by atoms with Crippen LogP contribution in [0, 0.1) is 0 Å². The van der Waals surface area contributed by atoms with E-state index in [1.165, 1.54) is 21.6 Å². The van der Waals surface area contributed by atoms with Crippen molar-refractivity contribution in [2.45, 2.75) is 25.4 Å². The molecule has 1 fully saturated rings. The number of aromatic nitrogens is 1. The van der Waals surface area contributed by atoms with Crippen LogP contribution >= 0.6 is 21.6 Å². The maximum absolute atomic E-state index is 12.3. The lowest BCUT2D eigenvalue weighted by molar-refractivity contribution is -0.192. The highest BCUT2D eigenvalue weighted by Crippen LogP contribution is 2.21. The maximum Gasteiger partial charge on any atom is 0.490 e. The monoisotopic (exact) mass is 540 g/mol. The van der Waals surface area contributed by atoms with Crippen LogP contribution in [0.2, 0.25) is 0 Å². The van der Waals surface area contributed by atoms with Crippen molar-refractivity contribution in [3.8, 4) is 0 Å². The molecule has 3 N–H and O–H groups in total. The van der Waals surface area contributed by atoms with E-state index >= 15 is 0 Å². The number of anilines is 1. The third kappa shape index (κ3) is 13.7. The fraction of sp³-hybridized carbons (Fsp3) is 0.550. The normalized spacial score (nSPS) is 13.5. The molecule has 0 aromatic carbocycles. The van der Waals surface area contributed by atoms with Gasteiger partial charge in [-0.15, -0.1) is 0 Å². The number of piperazine rings is 1. The molecule has 2 amide bonds. The highest BCUT2D eigenvalue weighted by Gasteiger charge is 2.38. The van der Waals surface area contributed by atoms with Gasteiger partial charge in [0.25, 0.3) is 0 Å². The Labute approximate surface area is 208 Å². The van der Waals surface area contributed by atoms with E-state index in [1.807, 2.05) is 23.1 Å². The predicted octanol–water partition coefficient (Wildman–Crippen LogP) is 2.12. The average Bonchev–Trinajstić information content (AvgIpc) is 2.82. The summed E-state index contributed by atoms with van der Waals surface area (Å²) in [5, 5.41) is 18.5. The largest absolute Gasteiger partial charge is 0.490 e. The van der Waals surface area contributed by atoms with E-state index in [0.29, 0.717) is 31.1 Å². The smallest absolute Gasteiger partial charge is 0.481 e.